The molecule has 0 aromatic heterocycles. The van der Waals surface area contributed by atoms with Gasteiger partial charge in [-0.3, -0.25) is 0 Å². The van der Waals surface area contributed by atoms with E-state index in [4.69, 9.17) is 0 Å². The lowest BCUT2D eigenvalue weighted by Crippen LogP contribution is -2.12. The van der Waals surface area contributed by atoms with Crippen molar-refractivity contribution in [3.05, 3.63) is 0 Å². The summed E-state index contributed by atoms with van der Waals surface area (Å²) in [7, 11) is 0. The van der Waals surface area contributed by atoms with Crippen molar-refractivity contribution < 1.29 is 0 Å². The molecule has 0 aromatic rings. The van der Waals surface area contributed by atoms with E-state index >= 15 is 0 Å². The Balaban J connectivity index is 3.94. The Hall–Kier alpha value is 0.532. The fraction of sp³-hybridized carbons (Fsp3) is 1.00. The number of unbranched alkanes of at least 4 members (excludes halogenated alkanes) is 42. The summed E-state index contributed by atoms with van der Waals surface area (Å²) in [5, 5.41) is 5.03. The van der Waals surface area contributed by atoms with Crippen LogP contribution < -0.4 is 0 Å². The first-order valence-electron chi connectivity index (χ1n) is 25.8. The summed E-state index contributed by atoms with van der Waals surface area (Å²) in [4.78, 5) is 0. The minimum atomic E-state index is -0.507. The molecular formula is C51H105Al. The first-order chi connectivity index (χ1) is 25.8. The van der Waals surface area contributed by atoms with Crippen LogP contribution in [0.3, 0.4) is 0 Å². The van der Waals surface area contributed by atoms with Crippen LogP contribution in [-0.4, -0.2) is 14.1 Å². The van der Waals surface area contributed by atoms with Gasteiger partial charge in [-0.2, -0.15) is 0 Å². The topological polar surface area (TPSA) is 0 Å². The molecule has 0 atom stereocenters. The predicted octanol–water partition coefficient (Wildman–Crippen LogP) is 20.1. The molecule has 0 saturated heterocycles. The summed E-state index contributed by atoms with van der Waals surface area (Å²) in [6, 6.07) is 0. The summed E-state index contributed by atoms with van der Waals surface area (Å²) < 4.78 is 0. The van der Waals surface area contributed by atoms with Crippen LogP contribution in [-0.2, 0) is 0 Å². The van der Waals surface area contributed by atoms with Crippen molar-refractivity contribution in [3.8, 4) is 0 Å². The number of hydrogen-bond donors (Lipinski definition) is 0. The van der Waals surface area contributed by atoms with Crippen molar-refractivity contribution in [2.24, 2.45) is 0 Å². The standard InChI is InChI=1S/3C17H35.Al/c3*1-3-5-7-9-11-13-15-17-16-14-12-10-8-6-4-2;/h3*1,3-17H2,2H3;. The van der Waals surface area contributed by atoms with Gasteiger partial charge in [-0.1, -0.05) is 326 Å². The van der Waals surface area contributed by atoms with E-state index in [1.807, 2.05) is 0 Å². The highest BCUT2D eigenvalue weighted by atomic mass is 27.2. The van der Waals surface area contributed by atoms with E-state index < -0.39 is 14.1 Å². The summed E-state index contributed by atoms with van der Waals surface area (Å²) in [6.45, 7) is 6.97. The highest BCUT2D eigenvalue weighted by Crippen LogP contribution is 2.22. The lowest BCUT2D eigenvalue weighted by atomic mass is 10.0. The lowest BCUT2D eigenvalue weighted by molar-refractivity contribution is 0.532. The summed E-state index contributed by atoms with van der Waals surface area (Å²) in [5.41, 5.74) is 0. The molecule has 0 aliphatic carbocycles. The van der Waals surface area contributed by atoms with Crippen LogP contribution in [0.2, 0.25) is 15.8 Å². The average Bonchev–Trinajstić information content (AvgIpc) is 3.15. The highest BCUT2D eigenvalue weighted by Gasteiger charge is 2.15. The van der Waals surface area contributed by atoms with Gasteiger partial charge in [0.15, 0.2) is 0 Å². The molecule has 0 N–H and O–H groups in total. The van der Waals surface area contributed by atoms with Crippen LogP contribution in [0.4, 0.5) is 0 Å². The van der Waals surface area contributed by atoms with Gasteiger partial charge in [-0.15, -0.1) is 0 Å². The fourth-order valence-electron chi connectivity index (χ4n) is 8.85. The Kier molecular flexibility index (Phi) is 50.1. The Morgan fingerprint density at radius 3 is 0.404 bits per heavy atom. The van der Waals surface area contributed by atoms with Gasteiger partial charge in [0, 0.05) is 0 Å². The van der Waals surface area contributed by atoms with E-state index in [0.717, 1.165) is 0 Å². The minimum absolute atomic E-state index is 0.507. The Labute approximate surface area is 338 Å². The van der Waals surface area contributed by atoms with Crippen LogP contribution in [0.15, 0.2) is 0 Å². The van der Waals surface area contributed by atoms with E-state index in [-0.39, 0.29) is 0 Å². The van der Waals surface area contributed by atoms with Crippen molar-refractivity contribution in [2.75, 3.05) is 0 Å². The van der Waals surface area contributed by atoms with Gasteiger partial charge in [-0.05, 0) is 0 Å². The Morgan fingerprint density at radius 1 is 0.154 bits per heavy atom. The van der Waals surface area contributed by atoms with Crippen LogP contribution in [0.1, 0.15) is 310 Å². The Bertz CT molecular complexity index is 505. The maximum atomic E-state index is 2.32. The van der Waals surface area contributed by atoms with Gasteiger partial charge in [0.25, 0.3) is 14.1 Å². The summed E-state index contributed by atoms with van der Waals surface area (Å²) in [6.07, 6.45) is 67.3. The third kappa shape index (κ3) is 46.7. The Morgan fingerprint density at radius 2 is 0.269 bits per heavy atom. The van der Waals surface area contributed by atoms with Crippen LogP contribution >= 0.6 is 0 Å². The summed E-state index contributed by atoms with van der Waals surface area (Å²) in [5.74, 6) is 0. The van der Waals surface area contributed by atoms with E-state index in [0.29, 0.717) is 0 Å². The predicted molar refractivity (Wildman–Crippen MR) is 245 cm³/mol. The zero-order valence-electron chi connectivity index (χ0n) is 37.5. The molecular weight excluding hydrogens is 640 g/mol. The molecule has 0 fully saturated rings. The molecule has 0 aliphatic rings. The molecule has 0 amide bonds. The van der Waals surface area contributed by atoms with E-state index in [1.165, 1.54) is 250 Å². The van der Waals surface area contributed by atoms with Crippen LogP contribution in [0.5, 0.6) is 0 Å². The van der Waals surface area contributed by atoms with Crippen molar-refractivity contribution in [3.63, 3.8) is 0 Å². The molecule has 0 spiro atoms. The molecule has 0 saturated carbocycles. The maximum Gasteiger partial charge on any atom is 0.261 e. The molecule has 0 rings (SSSR count). The molecule has 0 heterocycles. The van der Waals surface area contributed by atoms with Gasteiger partial charge < -0.3 is 0 Å². The second-order valence-corrected chi connectivity index (χ2v) is 21.5. The minimum Gasteiger partial charge on any atom is -0.0939 e. The van der Waals surface area contributed by atoms with Gasteiger partial charge in [-0.25, -0.2) is 0 Å². The lowest BCUT2D eigenvalue weighted by Gasteiger charge is -2.12. The number of rotatable bonds is 48. The molecule has 312 valence electrons. The molecule has 0 aromatic carbocycles. The SMILES string of the molecule is CCCCCCCCCCCCCCCC[CH2][Al]([CH2]CCCCCCCCCCCCCCCC)[CH2]CCCCCCCCCCCCCCCC. The highest BCUT2D eigenvalue weighted by molar-refractivity contribution is 6.58. The third-order valence-electron chi connectivity index (χ3n) is 12.6. The largest absolute Gasteiger partial charge is 0.261 e. The molecule has 0 bridgehead atoms. The average molecular weight is 745 g/mol. The third-order valence-corrected chi connectivity index (χ3v) is 16.3. The zero-order valence-corrected chi connectivity index (χ0v) is 38.7. The van der Waals surface area contributed by atoms with Crippen molar-refractivity contribution in [1.29, 1.82) is 0 Å². The summed E-state index contributed by atoms with van der Waals surface area (Å²) >= 11 is -0.507. The maximum absolute atomic E-state index is 2.32. The smallest absolute Gasteiger partial charge is 0.0939 e. The second kappa shape index (κ2) is 49.6. The molecule has 1 heteroatoms. The van der Waals surface area contributed by atoms with E-state index in [2.05, 4.69) is 20.8 Å². The van der Waals surface area contributed by atoms with Crippen molar-refractivity contribution in [1.82, 2.24) is 0 Å². The fourth-order valence-corrected chi connectivity index (χ4v) is 12.3. The quantitative estimate of drug-likeness (QED) is 0.0430. The van der Waals surface area contributed by atoms with Crippen LogP contribution in [0, 0.1) is 0 Å². The molecule has 0 unspecified atom stereocenters. The zero-order chi connectivity index (χ0) is 37.5. The molecule has 0 radical (unpaired) electrons. The second-order valence-electron chi connectivity index (χ2n) is 18.1. The molecule has 0 nitrogen and oxygen atoms in total. The first kappa shape index (κ1) is 52.5. The van der Waals surface area contributed by atoms with Crippen molar-refractivity contribution >= 4 is 14.1 Å². The monoisotopic (exact) mass is 745 g/mol. The molecule has 52 heavy (non-hydrogen) atoms. The van der Waals surface area contributed by atoms with E-state index in [9.17, 15) is 0 Å². The normalized spacial score (nSPS) is 11.6. The molecule has 0 aliphatic heterocycles. The number of hydrogen-bond acceptors (Lipinski definition) is 0. The van der Waals surface area contributed by atoms with Gasteiger partial charge in [0.2, 0.25) is 0 Å². The van der Waals surface area contributed by atoms with E-state index in [1.54, 1.807) is 54.4 Å². The van der Waals surface area contributed by atoms with Crippen LogP contribution in [0.25, 0.3) is 0 Å². The van der Waals surface area contributed by atoms with Crippen molar-refractivity contribution in [2.45, 2.75) is 326 Å². The first-order valence-corrected chi connectivity index (χ1v) is 28.3. The van der Waals surface area contributed by atoms with Gasteiger partial charge >= 0.3 is 0 Å². The van der Waals surface area contributed by atoms with Gasteiger partial charge in [0.05, 0.1) is 0 Å². The van der Waals surface area contributed by atoms with Gasteiger partial charge in [0.1, 0.15) is 0 Å².